The van der Waals surface area contributed by atoms with Crippen molar-refractivity contribution < 1.29 is 50.1 Å². The Kier molecular flexibility index (Phi) is 7.53. The van der Waals surface area contributed by atoms with Crippen molar-refractivity contribution in [1.29, 1.82) is 0 Å². The molecule has 42 heavy (non-hydrogen) atoms. The van der Waals surface area contributed by atoms with Gasteiger partial charge in [0.1, 0.15) is 5.52 Å². The summed E-state index contributed by atoms with van der Waals surface area (Å²) < 4.78 is 95.3. The zero-order chi connectivity index (χ0) is 30.4. The van der Waals surface area contributed by atoms with Gasteiger partial charge in [0.05, 0.1) is 12.9 Å². The van der Waals surface area contributed by atoms with Gasteiger partial charge in [-0.15, -0.1) is 10.2 Å². The number of halogens is 6. The second-order valence-corrected chi connectivity index (χ2v) is 9.40. The fourth-order valence-corrected chi connectivity index (χ4v) is 4.65. The molecule has 1 aliphatic heterocycles. The highest BCUT2D eigenvalue weighted by Gasteiger charge is 2.57. The number of anilines is 2. The molecule has 1 aliphatic carbocycles. The van der Waals surface area contributed by atoms with E-state index < -0.39 is 54.7 Å². The van der Waals surface area contributed by atoms with Crippen molar-refractivity contribution in [3.63, 3.8) is 0 Å². The number of hydrogen-bond acceptors (Lipinski definition) is 13. The highest BCUT2D eigenvalue weighted by Crippen LogP contribution is 2.43. The van der Waals surface area contributed by atoms with Gasteiger partial charge in [0.25, 0.3) is 0 Å². The first kappa shape index (κ1) is 29.2. The minimum atomic E-state index is -5.58. The van der Waals surface area contributed by atoms with E-state index in [-0.39, 0.29) is 35.5 Å². The molecule has 2 fully saturated rings. The van der Waals surface area contributed by atoms with Crippen LogP contribution in [0.4, 0.5) is 38.1 Å². The average molecular weight is 608 g/mol. The molecule has 4 atom stereocenters. The van der Waals surface area contributed by atoms with Crippen LogP contribution in [0, 0.1) is 0 Å². The Bertz CT molecular complexity index is 1470. The number of rotatable bonds is 7. The summed E-state index contributed by atoms with van der Waals surface area (Å²) in [6.45, 7) is 1.74. The monoisotopic (exact) mass is 608 g/mol. The third-order valence-corrected chi connectivity index (χ3v) is 6.56. The number of hydrogen-bond donors (Lipinski definition) is 2. The number of nitrogens with two attached hydrogens (primary N) is 1. The van der Waals surface area contributed by atoms with Gasteiger partial charge in [0.2, 0.25) is 11.8 Å². The summed E-state index contributed by atoms with van der Waals surface area (Å²) in [6, 6.07) is 0.0178. The lowest BCUT2D eigenvalue weighted by Crippen LogP contribution is -2.42. The molecule has 0 aromatic carbocycles. The molecule has 228 valence electrons. The minimum Gasteiger partial charge on any atom is -0.448 e. The van der Waals surface area contributed by atoms with Gasteiger partial charge in [-0.1, -0.05) is 12.8 Å². The second kappa shape index (κ2) is 10.8. The number of tetrazole rings is 1. The van der Waals surface area contributed by atoms with Crippen molar-refractivity contribution in [2.75, 3.05) is 11.1 Å². The first-order chi connectivity index (χ1) is 19.8. The number of carbonyl (C=O) groups excluding carboxylic acids is 2. The predicted molar refractivity (Wildman–Crippen MR) is 124 cm³/mol. The smallest absolute Gasteiger partial charge is 0.448 e. The Hall–Kier alpha value is -4.30. The second-order valence-electron chi connectivity index (χ2n) is 9.40. The lowest BCUT2D eigenvalue weighted by Gasteiger charge is -2.25. The Balaban J connectivity index is 1.60. The van der Waals surface area contributed by atoms with Crippen LogP contribution in [-0.2, 0) is 30.3 Å². The number of aromatic nitrogens is 8. The highest BCUT2D eigenvalue weighted by molar-refractivity contribution is 5.83. The molecule has 2 aliphatic rings. The van der Waals surface area contributed by atoms with Crippen LogP contribution >= 0.6 is 0 Å². The maximum Gasteiger partial charge on any atom is 0.490 e. The number of aryl methyl sites for hydroxylation is 1. The van der Waals surface area contributed by atoms with Crippen molar-refractivity contribution >= 4 is 34.9 Å². The summed E-state index contributed by atoms with van der Waals surface area (Å²) >= 11 is 0. The van der Waals surface area contributed by atoms with Crippen molar-refractivity contribution in [3.05, 3.63) is 12.2 Å². The number of carbonyl (C=O) groups is 2. The fourth-order valence-electron chi connectivity index (χ4n) is 4.65. The summed E-state index contributed by atoms with van der Waals surface area (Å²) in [7, 11) is 0. The molecule has 0 spiro atoms. The van der Waals surface area contributed by atoms with Gasteiger partial charge >= 0.3 is 24.3 Å². The lowest BCUT2D eigenvalue weighted by atomic mass is 10.1. The van der Waals surface area contributed by atoms with Crippen molar-refractivity contribution in [3.8, 4) is 0 Å². The normalized spacial score (nSPS) is 23.4. The van der Waals surface area contributed by atoms with Crippen LogP contribution in [0.15, 0.2) is 6.33 Å². The summed E-state index contributed by atoms with van der Waals surface area (Å²) in [4.78, 5) is 37.3. The van der Waals surface area contributed by atoms with E-state index in [9.17, 15) is 35.9 Å². The molecule has 1 saturated carbocycles. The van der Waals surface area contributed by atoms with Crippen LogP contribution < -0.4 is 11.1 Å². The van der Waals surface area contributed by atoms with E-state index in [1.54, 1.807) is 6.92 Å². The van der Waals surface area contributed by atoms with E-state index in [4.69, 9.17) is 10.5 Å². The summed E-state index contributed by atoms with van der Waals surface area (Å²) in [6.07, 6.45) is -15.0. The molecule has 5 rings (SSSR count). The fraction of sp³-hybridized carbons (Fsp3) is 0.619. The molecule has 0 unspecified atom stereocenters. The molecule has 15 nitrogen and oxygen atoms in total. The first-order valence-corrected chi connectivity index (χ1v) is 12.5. The Morgan fingerprint density at radius 3 is 2.31 bits per heavy atom. The standard InChI is InChI=1S/C21H22F6N10O5/c1-2-37-34-14(33-35-37)11-10(41-17(38)20(22,23)24)12(42-18(39)21(25,26)27)16(40-11)36-7-29-9-13(28)31-19(32-15(9)36)30-8-5-3-4-6-8/h7-8,10-12,16H,2-6H2,1H3,(H3,28,30,31,32)/t10-,11+,12-,16-/m1/s1. The van der Waals surface area contributed by atoms with Crippen LogP contribution in [0.5, 0.6) is 0 Å². The number of nitrogens with zero attached hydrogens (tertiary/aromatic N) is 8. The van der Waals surface area contributed by atoms with E-state index >= 15 is 0 Å². The van der Waals surface area contributed by atoms with Crippen LogP contribution in [0.25, 0.3) is 11.2 Å². The molecule has 0 radical (unpaired) electrons. The number of esters is 2. The summed E-state index contributed by atoms with van der Waals surface area (Å²) in [5.41, 5.74) is 5.85. The van der Waals surface area contributed by atoms with Crippen molar-refractivity contribution in [1.82, 2.24) is 39.7 Å². The number of nitrogens with one attached hydrogen (secondary N) is 1. The van der Waals surface area contributed by atoms with E-state index in [0.717, 1.165) is 41.4 Å². The van der Waals surface area contributed by atoms with Gasteiger partial charge < -0.3 is 25.3 Å². The van der Waals surface area contributed by atoms with Gasteiger partial charge in [-0.05, 0) is 25.0 Å². The Morgan fingerprint density at radius 1 is 1.07 bits per heavy atom. The maximum atomic E-state index is 13.3. The zero-order valence-corrected chi connectivity index (χ0v) is 21.5. The van der Waals surface area contributed by atoms with Gasteiger partial charge in [0.15, 0.2) is 36.0 Å². The molecular formula is C21H22F6N10O5. The number of alkyl halides is 6. The largest absolute Gasteiger partial charge is 0.490 e. The first-order valence-electron chi connectivity index (χ1n) is 12.5. The van der Waals surface area contributed by atoms with E-state index in [2.05, 4.69) is 45.2 Å². The quantitative estimate of drug-likeness (QED) is 0.293. The average Bonchev–Trinajstić information content (AvgIpc) is 3.70. The Morgan fingerprint density at radius 2 is 1.71 bits per heavy atom. The van der Waals surface area contributed by atoms with Crippen LogP contribution in [0.1, 0.15) is 50.8 Å². The molecule has 3 aromatic heterocycles. The van der Waals surface area contributed by atoms with E-state index in [1.165, 1.54) is 0 Å². The molecule has 0 bridgehead atoms. The molecular weight excluding hydrogens is 586 g/mol. The van der Waals surface area contributed by atoms with Crippen molar-refractivity contribution in [2.24, 2.45) is 0 Å². The molecule has 3 N–H and O–H groups in total. The van der Waals surface area contributed by atoms with Crippen molar-refractivity contribution in [2.45, 2.75) is 82.1 Å². The van der Waals surface area contributed by atoms with Gasteiger partial charge in [0, 0.05) is 6.04 Å². The zero-order valence-electron chi connectivity index (χ0n) is 21.5. The number of ether oxygens (including phenoxy) is 3. The highest BCUT2D eigenvalue weighted by atomic mass is 19.4. The number of fused-ring (bicyclic) bond motifs is 1. The number of imidazole rings is 1. The van der Waals surface area contributed by atoms with Gasteiger partial charge in [-0.3, -0.25) is 4.57 Å². The summed E-state index contributed by atoms with van der Waals surface area (Å²) in [5, 5.41) is 14.3. The van der Waals surface area contributed by atoms with Crippen LogP contribution in [0.3, 0.4) is 0 Å². The lowest BCUT2D eigenvalue weighted by molar-refractivity contribution is -0.221. The van der Waals surface area contributed by atoms with Crippen LogP contribution in [0.2, 0.25) is 0 Å². The number of nitrogen functional groups attached to an aromatic ring is 1. The van der Waals surface area contributed by atoms with Gasteiger partial charge in [-0.2, -0.15) is 41.1 Å². The molecule has 0 amide bonds. The molecule has 3 aromatic rings. The topological polar surface area (TPSA) is 187 Å². The van der Waals surface area contributed by atoms with Gasteiger partial charge in [-0.25, -0.2) is 14.6 Å². The minimum absolute atomic E-state index is 0.0178. The van der Waals surface area contributed by atoms with E-state index in [0.29, 0.717) is 0 Å². The molecule has 21 heteroatoms. The predicted octanol–water partition coefficient (Wildman–Crippen LogP) is 1.99. The molecule has 1 saturated heterocycles. The SMILES string of the molecule is CCn1nnc([C@H]2O[C@@H](n3cnc4c(N)nc(NC5CCCC5)nc43)[C@H](OC(=O)C(F)(F)F)[C@@H]2OC(=O)C(F)(F)F)n1. The van der Waals surface area contributed by atoms with E-state index in [1.807, 2.05) is 0 Å². The third kappa shape index (κ3) is 5.72. The van der Waals surface area contributed by atoms with Crippen LogP contribution in [-0.4, -0.2) is 82.3 Å². The summed E-state index contributed by atoms with van der Waals surface area (Å²) in [5.74, 6) is -6.13. The maximum absolute atomic E-state index is 13.3. The Labute approximate surface area is 230 Å². The third-order valence-electron chi connectivity index (χ3n) is 6.56. The molecule has 4 heterocycles.